The number of benzene rings is 1. The summed E-state index contributed by atoms with van der Waals surface area (Å²) < 4.78 is 7.64. The first-order valence-electron chi connectivity index (χ1n) is 6.35. The molecule has 0 bridgehead atoms. The quantitative estimate of drug-likeness (QED) is 0.893. The molecule has 5 heteroatoms. The number of aryl methyl sites for hydroxylation is 2. The van der Waals surface area contributed by atoms with Crippen molar-refractivity contribution in [2.24, 2.45) is 7.05 Å². The minimum atomic E-state index is 0.339. The third kappa shape index (κ3) is 3.12. The second-order valence-electron chi connectivity index (χ2n) is 4.68. The highest BCUT2D eigenvalue weighted by Gasteiger charge is 2.07. The van der Waals surface area contributed by atoms with Gasteiger partial charge in [-0.25, -0.2) is 0 Å². The maximum absolute atomic E-state index is 5.79. The summed E-state index contributed by atoms with van der Waals surface area (Å²) in [5, 5.41) is 11.1. The average Bonchev–Trinajstić information content (AvgIpc) is 2.82. The predicted octanol–water partition coefficient (Wildman–Crippen LogP) is 1.98. The molecule has 1 aromatic carbocycles. The molecule has 2 aromatic rings. The highest BCUT2D eigenvalue weighted by molar-refractivity contribution is 5.37. The van der Waals surface area contributed by atoms with Crippen LogP contribution in [0.5, 0.6) is 5.75 Å². The Morgan fingerprint density at radius 2 is 2.21 bits per heavy atom. The second-order valence-corrected chi connectivity index (χ2v) is 4.68. The third-order valence-corrected chi connectivity index (χ3v) is 3.29. The van der Waals surface area contributed by atoms with E-state index >= 15 is 0 Å². The lowest BCUT2D eigenvalue weighted by Crippen LogP contribution is -2.12. The molecule has 102 valence electrons. The number of aromatic nitrogens is 3. The van der Waals surface area contributed by atoms with E-state index < -0.39 is 0 Å². The minimum Gasteiger partial charge on any atom is -0.485 e. The van der Waals surface area contributed by atoms with Crippen molar-refractivity contribution in [3.8, 4) is 5.75 Å². The summed E-state index contributed by atoms with van der Waals surface area (Å²) >= 11 is 0. The SMILES string of the molecule is CNC(C)c1ccc(OCc2nncn2C)c(C)c1. The van der Waals surface area contributed by atoms with Crippen LogP contribution in [0.3, 0.4) is 0 Å². The van der Waals surface area contributed by atoms with Gasteiger partial charge < -0.3 is 14.6 Å². The van der Waals surface area contributed by atoms with Crippen LogP contribution in [0.25, 0.3) is 0 Å². The Balaban J connectivity index is 2.07. The van der Waals surface area contributed by atoms with E-state index in [0.29, 0.717) is 12.6 Å². The van der Waals surface area contributed by atoms with Crippen molar-refractivity contribution < 1.29 is 4.74 Å². The Labute approximate surface area is 113 Å². The second kappa shape index (κ2) is 5.84. The van der Waals surface area contributed by atoms with Gasteiger partial charge in [0, 0.05) is 13.1 Å². The maximum atomic E-state index is 5.79. The normalized spacial score (nSPS) is 12.4. The number of nitrogens with one attached hydrogen (secondary N) is 1. The van der Waals surface area contributed by atoms with Gasteiger partial charge in [-0.2, -0.15) is 0 Å². The lowest BCUT2D eigenvalue weighted by molar-refractivity contribution is 0.289. The smallest absolute Gasteiger partial charge is 0.170 e. The summed E-state index contributed by atoms with van der Waals surface area (Å²) in [4.78, 5) is 0. The molecule has 19 heavy (non-hydrogen) atoms. The Hall–Kier alpha value is -1.88. The fourth-order valence-electron chi connectivity index (χ4n) is 1.85. The van der Waals surface area contributed by atoms with Crippen LogP contribution in [0, 0.1) is 6.92 Å². The first kappa shape index (κ1) is 13.5. The van der Waals surface area contributed by atoms with Gasteiger partial charge in [0.2, 0.25) is 0 Å². The number of ether oxygens (including phenoxy) is 1. The Bertz CT molecular complexity index is 550. The molecule has 0 amide bonds. The Morgan fingerprint density at radius 3 is 2.79 bits per heavy atom. The largest absolute Gasteiger partial charge is 0.485 e. The van der Waals surface area contributed by atoms with Gasteiger partial charge in [0.15, 0.2) is 5.82 Å². The first-order chi connectivity index (χ1) is 9.11. The molecule has 0 saturated carbocycles. The monoisotopic (exact) mass is 260 g/mol. The highest BCUT2D eigenvalue weighted by atomic mass is 16.5. The topological polar surface area (TPSA) is 52.0 Å². The molecule has 0 radical (unpaired) electrons. The van der Waals surface area contributed by atoms with E-state index in [0.717, 1.165) is 17.1 Å². The molecular formula is C14H20N4O. The number of nitrogens with zero attached hydrogens (tertiary/aromatic N) is 3. The van der Waals surface area contributed by atoms with E-state index in [9.17, 15) is 0 Å². The highest BCUT2D eigenvalue weighted by Crippen LogP contribution is 2.23. The van der Waals surface area contributed by atoms with Gasteiger partial charge in [0.25, 0.3) is 0 Å². The first-order valence-corrected chi connectivity index (χ1v) is 6.35. The molecule has 0 saturated heterocycles. The maximum Gasteiger partial charge on any atom is 0.170 e. The summed E-state index contributed by atoms with van der Waals surface area (Å²) in [7, 11) is 3.86. The van der Waals surface area contributed by atoms with Gasteiger partial charge in [-0.1, -0.05) is 12.1 Å². The molecule has 1 heterocycles. The number of hydrogen-bond donors (Lipinski definition) is 1. The van der Waals surface area contributed by atoms with Gasteiger partial charge in [-0.05, 0) is 38.1 Å². The van der Waals surface area contributed by atoms with Crippen molar-refractivity contribution in [1.29, 1.82) is 0 Å². The van der Waals surface area contributed by atoms with Crippen molar-refractivity contribution in [3.05, 3.63) is 41.5 Å². The molecular weight excluding hydrogens is 240 g/mol. The van der Waals surface area contributed by atoms with Crippen LogP contribution in [0.4, 0.5) is 0 Å². The van der Waals surface area contributed by atoms with Crippen LogP contribution in [0.2, 0.25) is 0 Å². The molecule has 5 nitrogen and oxygen atoms in total. The van der Waals surface area contributed by atoms with E-state index in [4.69, 9.17) is 4.74 Å². The Kier molecular flexibility index (Phi) is 4.16. The fourth-order valence-corrected chi connectivity index (χ4v) is 1.85. The average molecular weight is 260 g/mol. The molecule has 0 fully saturated rings. The molecule has 0 aliphatic heterocycles. The van der Waals surface area contributed by atoms with Gasteiger partial charge >= 0.3 is 0 Å². The zero-order valence-corrected chi connectivity index (χ0v) is 11.8. The minimum absolute atomic E-state index is 0.339. The zero-order chi connectivity index (χ0) is 13.8. The van der Waals surface area contributed by atoms with Gasteiger partial charge in [-0.15, -0.1) is 10.2 Å². The van der Waals surface area contributed by atoms with Crippen LogP contribution < -0.4 is 10.1 Å². The van der Waals surface area contributed by atoms with Gasteiger partial charge in [-0.3, -0.25) is 0 Å². The van der Waals surface area contributed by atoms with E-state index in [1.54, 1.807) is 6.33 Å². The summed E-state index contributed by atoms with van der Waals surface area (Å²) in [5.74, 6) is 1.70. The lowest BCUT2D eigenvalue weighted by Gasteiger charge is -2.14. The van der Waals surface area contributed by atoms with Crippen LogP contribution in [-0.2, 0) is 13.7 Å². The molecule has 0 aliphatic rings. The predicted molar refractivity (Wildman–Crippen MR) is 74.0 cm³/mol. The molecule has 0 aliphatic carbocycles. The van der Waals surface area contributed by atoms with E-state index in [1.165, 1.54) is 5.56 Å². The van der Waals surface area contributed by atoms with Crippen LogP contribution >= 0.6 is 0 Å². The molecule has 1 unspecified atom stereocenters. The van der Waals surface area contributed by atoms with Gasteiger partial charge in [0.1, 0.15) is 18.7 Å². The van der Waals surface area contributed by atoms with E-state index in [2.05, 4.69) is 41.5 Å². The third-order valence-electron chi connectivity index (χ3n) is 3.29. The fraction of sp³-hybridized carbons (Fsp3) is 0.429. The summed E-state index contributed by atoms with van der Waals surface area (Å²) in [6.07, 6.45) is 1.67. The number of hydrogen-bond acceptors (Lipinski definition) is 4. The molecule has 2 rings (SSSR count). The van der Waals surface area contributed by atoms with Crippen molar-refractivity contribution in [3.63, 3.8) is 0 Å². The van der Waals surface area contributed by atoms with E-state index in [1.807, 2.05) is 24.7 Å². The molecule has 0 spiro atoms. The molecule has 1 N–H and O–H groups in total. The lowest BCUT2D eigenvalue weighted by atomic mass is 10.1. The molecule has 1 atom stereocenters. The van der Waals surface area contributed by atoms with Crippen molar-refractivity contribution >= 4 is 0 Å². The van der Waals surface area contributed by atoms with Crippen LogP contribution in [0.1, 0.15) is 29.9 Å². The molecule has 1 aromatic heterocycles. The Morgan fingerprint density at radius 1 is 1.42 bits per heavy atom. The van der Waals surface area contributed by atoms with Gasteiger partial charge in [0.05, 0.1) is 0 Å². The zero-order valence-electron chi connectivity index (χ0n) is 11.8. The van der Waals surface area contributed by atoms with Crippen molar-refractivity contribution in [1.82, 2.24) is 20.1 Å². The van der Waals surface area contributed by atoms with Crippen LogP contribution in [0.15, 0.2) is 24.5 Å². The van der Waals surface area contributed by atoms with Crippen molar-refractivity contribution in [2.75, 3.05) is 7.05 Å². The van der Waals surface area contributed by atoms with E-state index in [-0.39, 0.29) is 0 Å². The summed E-state index contributed by atoms with van der Waals surface area (Å²) in [6.45, 7) is 4.62. The summed E-state index contributed by atoms with van der Waals surface area (Å²) in [5.41, 5.74) is 2.38. The van der Waals surface area contributed by atoms with Crippen molar-refractivity contribution in [2.45, 2.75) is 26.5 Å². The standard InChI is InChI=1S/C14H20N4O/c1-10-7-12(11(2)15-3)5-6-13(10)19-8-14-17-16-9-18(14)4/h5-7,9,11,15H,8H2,1-4H3. The van der Waals surface area contributed by atoms with Crippen LogP contribution in [-0.4, -0.2) is 21.8 Å². The summed E-state index contributed by atoms with van der Waals surface area (Å²) in [6, 6.07) is 6.58. The number of rotatable bonds is 5.